The molecule has 1 aromatic rings. The molecule has 0 bridgehead atoms. The molecule has 1 saturated carbocycles. The van der Waals surface area contributed by atoms with E-state index in [0.717, 1.165) is 25.7 Å². The number of benzene rings is 1. The normalized spacial score (nSPS) is 21.7. The number of halogens is 2. The van der Waals surface area contributed by atoms with Crippen molar-refractivity contribution in [2.75, 3.05) is 0 Å². The lowest BCUT2D eigenvalue weighted by molar-refractivity contribution is -0.145. The fraction of sp³-hybridized carbons (Fsp3) is 0.500. The summed E-state index contributed by atoms with van der Waals surface area (Å²) >= 11 is 12.3. The van der Waals surface area contributed by atoms with Gasteiger partial charge in [-0.1, -0.05) is 48.5 Å². The first-order valence-corrected chi connectivity index (χ1v) is 10.2. The Morgan fingerprint density at radius 2 is 1.78 bits per heavy atom. The van der Waals surface area contributed by atoms with Gasteiger partial charge in [-0.25, -0.2) is 9.59 Å². The van der Waals surface area contributed by atoms with Gasteiger partial charge in [0.25, 0.3) is 0 Å². The molecule has 1 aromatic carbocycles. The molecule has 0 spiro atoms. The van der Waals surface area contributed by atoms with E-state index in [4.69, 9.17) is 27.9 Å². The topological polar surface area (TPSA) is 67.4 Å². The van der Waals surface area contributed by atoms with Crippen LogP contribution >= 0.6 is 23.2 Å². The molecule has 2 amide bonds. The van der Waals surface area contributed by atoms with Crippen molar-refractivity contribution in [2.24, 2.45) is 0 Å². The van der Waals surface area contributed by atoms with Crippen LogP contribution in [-0.4, -0.2) is 18.1 Å². The Hall–Kier alpha value is -1.72. The van der Waals surface area contributed by atoms with Crippen molar-refractivity contribution < 1.29 is 14.3 Å². The van der Waals surface area contributed by atoms with Crippen LogP contribution in [0.15, 0.2) is 29.5 Å². The average molecular weight is 411 g/mol. The smallest absolute Gasteiger partial charge is 0.338 e. The van der Waals surface area contributed by atoms with Gasteiger partial charge in [-0.15, -0.1) is 0 Å². The number of hydrogen-bond acceptors (Lipinski definition) is 3. The third kappa shape index (κ3) is 4.96. The number of nitrogens with one attached hydrogen (secondary N) is 2. The van der Waals surface area contributed by atoms with Crippen LogP contribution in [0.4, 0.5) is 4.79 Å². The Bertz CT molecular complexity index is 756. The molecule has 0 saturated heterocycles. The molecular weight excluding hydrogens is 387 g/mol. The monoisotopic (exact) mass is 410 g/mol. The number of amides is 2. The van der Waals surface area contributed by atoms with Gasteiger partial charge >= 0.3 is 12.0 Å². The second-order valence-corrected chi connectivity index (χ2v) is 7.95. The molecule has 1 fully saturated rings. The SMILES string of the molecule is CC1=C(C(=O)OC2CCCCCCC2)[C@@H](c2ccc(Cl)cc2Cl)NC(=O)N1. The maximum absolute atomic E-state index is 13.0. The number of urea groups is 1. The molecule has 0 unspecified atom stereocenters. The highest BCUT2D eigenvalue weighted by Crippen LogP contribution is 2.34. The first kappa shape index (κ1) is 20.0. The van der Waals surface area contributed by atoms with Gasteiger partial charge in [0, 0.05) is 15.7 Å². The zero-order valence-electron chi connectivity index (χ0n) is 15.3. The van der Waals surface area contributed by atoms with Crippen LogP contribution < -0.4 is 10.6 Å². The average Bonchev–Trinajstić information content (AvgIpc) is 2.56. The van der Waals surface area contributed by atoms with E-state index in [-0.39, 0.29) is 12.1 Å². The predicted octanol–water partition coefficient (Wildman–Crippen LogP) is 5.28. The summed E-state index contributed by atoms with van der Waals surface area (Å²) in [5.41, 5.74) is 1.46. The van der Waals surface area contributed by atoms with Crippen molar-refractivity contribution in [3.63, 3.8) is 0 Å². The van der Waals surface area contributed by atoms with E-state index < -0.39 is 12.0 Å². The molecule has 1 aliphatic carbocycles. The minimum Gasteiger partial charge on any atom is -0.459 e. The third-order valence-electron chi connectivity index (χ3n) is 5.09. The largest absolute Gasteiger partial charge is 0.459 e. The molecule has 27 heavy (non-hydrogen) atoms. The highest BCUT2D eigenvalue weighted by molar-refractivity contribution is 6.35. The van der Waals surface area contributed by atoms with Crippen LogP contribution in [0, 0.1) is 0 Å². The highest BCUT2D eigenvalue weighted by Gasteiger charge is 2.34. The van der Waals surface area contributed by atoms with E-state index in [2.05, 4.69) is 10.6 Å². The lowest BCUT2D eigenvalue weighted by Gasteiger charge is -2.30. The lowest BCUT2D eigenvalue weighted by atomic mass is 9.95. The van der Waals surface area contributed by atoms with Crippen LogP contribution in [0.25, 0.3) is 0 Å². The number of rotatable bonds is 3. The van der Waals surface area contributed by atoms with E-state index >= 15 is 0 Å². The number of hydrogen-bond donors (Lipinski definition) is 2. The Kier molecular flexibility index (Phi) is 6.66. The molecule has 1 heterocycles. The van der Waals surface area contributed by atoms with Crippen LogP contribution in [0.5, 0.6) is 0 Å². The number of ether oxygens (including phenoxy) is 1. The molecule has 0 radical (unpaired) electrons. The van der Waals surface area contributed by atoms with E-state index in [1.165, 1.54) is 19.3 Å². The summed E-state index contributed by atoms with van der Waals surface area (Å²) in [5, 5.41) is 6.31. The van der Waals surface area contributed by atoms with Crippen LogP contribution in [0.2, 0.25) is 10.0 Å². The maximum atomic E-state index is 13.0. The van der Waals surface area contributed by atoms with Crippen LogP contribution in [0.1, 0.15) is 63.5 Å². The number of esters is 1. The molecule has 2 aliphatic rings. The first-order valence-electron chi connectivity index (χ1n) is 9.40. The Morgan fingerprint density at radius 3 is 2.44 bits per heavy atom. The predicted molar refractivity (Wildman–Crippen MR) is 106 cm³/mol. The van der Waals surface area contributed by atoms with Crippen molar-refractivity contribution in [1.29, 1.82) is 0 Å². The number of carbonyl (C=O) groups is 2. The van der Waals surface area contributed by atoms with Gasteiger partial charge in [-0.2, -0.15) is 0 Å². The molecular formula is C20H24Cl2N2O3. The quantitative estimate of drug-likeness (QED) is 0.666. The minimum absolute atomic E-state index is 0.0860. The summed E-state index contributed by atoms with van der Waals surface area (Å²) in [4.78, 5) is 25.0. The maximum Gasteiger partial charge on any atom is 0.338 e. The summed E-state index contributed by atoms with van der Waals surface area (Å²) in [6, 6.07) is 3.94. The van der Waals surface area contributed by atoms with Crippen LogP contribution in [-0.2, 0) is 9.53 Å². The summed E-state index contributed by atoms with van der Waals surface area (Å²) in [7, 11) is 0. The van der Waals surface area contributed by atoms with Gasteiger partial charge in [0.15, 0.2) is 0 Å². The fourth-order valence-corrected chi connectivity index (χ4v) is 4.20. The molecule has 3 rings (SSSR count). The standard InChI is InChI=1S/C20H24Cl2N2O3/c1-12-17(19(25)27-14-7-5-3-2-4-6-8-14)18(24-20(26)23-12)15-10-9-13(21)11-16(15)22/h9-11,14,18H,2-8H2,1H3,(H2,23,24,26)/t18-/m1/s1. The molecule has 2 N–H and O–H groups in total. The molecule has 7 heteroatoms. The second kappa shape index (κ2) is 8.98. The third-order valence-corrected chi connectivity index (χ3v) is 5.65. The summed E-state index contributed by atoms with van der Waals surface area (Å²) in [5.74, 6) is -0.415. The van der Waals surface area contributed by atoms with Crippen molar-refractivity contribution in [3.05, 3.63) is 45.1 Å². The van der Waals surface area contributed by atoms with E-state index in [9.17, 15) is 9.59 Å². The van der Waals surface area contributed by atoms with Crippen molar-refractivity contribution >= 4 is 35.2 Å². The van der Waals surface area contributed by atoms with Gasteiger partial charge < -0.3 is 15.4 Å². The zero-order valence-corrected chi connectivity index (χ0v) is 16.8. The van der Waals surface area contributed by atoms with E-state index in [1.54, 1.807) is 25.1 Å². The lowest BCUT2D eigenvalue weighted by Crippen LogP contribution is -2.45. The van der Waals surface area contributed by atoms with Gasteiger partial charge in [0.2, 0.25) is 0 Å². The number of allylic oxidation sites excluding steroid dienone is 1. The molecule has 5 nitrogen and oxygen atoms in total. The van der Waals surface area contributed by atoms with Crippen molar-refractivity contribution in [2.45, 2.75) is 64.0 Å². The van der Waals surface area contributed by atoms with Gasteiger partial charge in [0.05, 0.1) is 11.6 Å². The molecule has 1 aliphatic heterocycles. The second-order valence-electron chi connectivity index (χ2n) is 7.11. The van der Waals surface area contributed by atoms with Crippen LogP contribution in [0.3, 0.4) is 0 Å². The van der Waals surface area contributed by atoms with Crippen molar-refractivity contribution in [1.82, 2.24) is 10.6 Å². The molecule has 0 aromatic heterocycles. The highest BCUT2D eigenvalue weighted by atomic mass is 35.5. The Balaban J connectivity index is 1.85. The minimum atomic E-state index is -0.676. The fourth-order valence-electron chi connectivity index (χ4n) is 3.68. The first-order chi connectivity index (χ1) is 13.0. The Labute approximate surface area is 169 Å². The summed E-state index contributed by atoms with van der Waals surface area (Å²) in [6.45, 7) is 1.70. The van der Waals surface area contributed by atoms with Gasteiger partial charge in [-0.3, -0.25) is 0 Å². The molecule has 146 valence electrons. The number of carbonyl (C=O) groups excluding carboxylic acids is 2. The van der Waals surface area contributed by atoms with E-state index in [0.29, 0.717) is 26.9 Å². The Morgan fingerprint density at radius 1 is 1.11 bits per heavy atom. The van der Waals surface area contributed by atoms with E-state index in [1.807, 2.05) is 0 Å². The summed E-state index contributed by atoms with van der Waals surface area (Å²) in [6.07, 6.45) is 7.41. The molecule has 1 atom stereocenters. The van der Waals surface area contributed by atoms with Gasteiger partial charge in [-0.05, 0) is 50.3 Å². The zero-order chi connectivity index (χ0) is 19.4. The van der Waals surface area contributed by atoms with Gasteiger partial charge in [0.1, 0.15) is 6.10 Å². The summed E-state index contributed by atoms with van der Waals surface area (Å²) < 4.78 is 5.83. The van der Waals surface area contributed by atoms with Crippen molar-refractivity contribution in [3.8, 4) is 0 Å².